The molecule has 0 aliphatic carbocycles. The zero-order valence-electron chi connectivity index (χ0n) is 12.7. The molecule has 2 aromatic rings. The molecule has 2 rings (SSSR count). The van der Waals surface area contributed by atoms with Crippen LogP contribution in [0.4, 0.5) is 0 Å². The maximum atomic E-state index is 10.8. The second-order valence-electron chi connectivity index (χ2n) is 5.02. The van der Waals surface area contributed by atoms with E-state index in [1.165, 1.54) is 0 Å². The van der Waals surface area contributed by atoms with E-state index >= 15 is 0 Å². The highest BCUT2D eigenvalue weighted by molar-refractivity contribution is 6.31. The molecule has 0 spiro atoms. The molecule has 0 aliphatic heterocycles. The van der Waals surface area contributed by atoms with E-state index in [-0.39, 0.29) is 0 Å². The van der Waals surface area contributed by atoms with Gasteiger partial charge in [-0.3, -0.25) is 14.8 Å². The standard InChI is InChI=1S/C17H18ClN3O/c1-4-13(3)21(20-12(2)11-22)10-14-5-6-17-15(7-14)8-16(18)9-19-17/h5-9,11H,3-4,10H2,1-2H3/b20-12+. The van der Waals surface area contributed by atoms with Gasteiger partial charge in [0.15, 0.2) is 6.29 Å². The Morgan fingerprint density at radius 2 is 2.23 bits per heavy atom. The predicted octanol–water partition coefficient (Wildman–Crippen LogP) is 4.19. The topological polar surface area (TPSA) is 45.6 Å². The normalized spacial score (nSPS) is 11.5. The van der Waals surface area contributed by atoms with Crippen LogP contribution in [0.15, 0.2) is 47.8 Å². The lowest BCUT2D eigenvalue weighted by Gasteiger charge is -2.21. The molecule has 4 nitrogen and oxygen atoms in total. The number of carbonyl (C=O) groups is 1. The van der Waals surface area contributed by atoms with Crippen LogP contribution in [-0.2, 0) is 11.3 Å². The quantitative estimate of drug-likeness (QED) is 0.456. The highest BCUT2D eigenvalue weighted by Gasteiger charge is 2.08. The number of halogens is 1. The summed E-state index contributed by atoms with van der Waals surface area (Å²) in [5.41, 5.74) is 3.21. The van der Waals surface area contributed by atoms with E-state index in [4.69, 9.17) is 11.6 Å². The van der Waals surface area contributed by atoms with Gasteiger partial charge in [0.2, 0.25) is 0 Å². The van der Waals surface area contributed by atoms with Gasteiger partial charge in [-0.05, 0) is 37.1 Å². The predicted molar refractivity (Wildman–Crippen MR) is 90.9 cm³/mol. The summed E-state index contributed by atoms with van der Waals surface area (Å²) in [7, 11) is 0. The van der Waals surface area contributed by atoms with Gasteiger partial charge in [-0.15, -0.1) is 0 Å². The van der Waals surface area contributed by atoms with Crippen molar-refractivity contribution in [2.45, 2.75) is 26.8 Å². The van der Waals surface area contributed by atoms with Gasteiger partial charge in [-0.25, -0.2) is 0 Å². The van der Waals surface area contributed by atoms with Crippen molar-refractivity contribution in [2.75, 3.05) is 0 Å². The van der Waals surface area contributed by atoms with Crippen LogP contribution in [0.25, 0.3) is 10.9 Å². The van der Waals surface area contributed by atoms with Crippen molar-refractivity contribution in [2.24, 2.45) is 5.10 Å². The van der Waals surface area contributed by atoms with Crippen molar-refractivity contribution in [3.63, 3.8) is 0 Å². The first-order chi connectivity index (χ1) is 10.5. The SMILES string of the molecule is C=C(CC)N(Cc1ccc2ncc(Cl)cc2c1)/N=C(\C)C=O. The molecule has 0 unspecified atom stereocenters. The molecule has 1 heterocycles. The Bertz CT molecular complexity index is 740. The number of benzene rings is 1. The Morgan fingerprint density at radius 3 is 2.91 bits per heavy atom. The van der Waals surface area contributed by atoms with Crippen molar-refractivity contribution in [1.29, 1.82) is 0 Å². The van der Waals surface area contributed by atoms with Gasteiger partial charge in [0.1, 0.15) is 0 Å². The summed E-state index contributed by atoms with van der Waals surface area (Å²) in [4.78, 5) is 15.1. The number of nitrogens with zero attached hydrogens (tertiary/aromatic N) is 3. The van der Waals surface area contributed by atoms with Crippen LogP contribution in [0.5, 0.6) is 0 Å². The van der Waals surface area contributed by atoms with Crippen LogP contribution in [0.1, 0.15) is 25.8 Å². The first-order valence-electron chi connectivity index (χ1n) is 7.03. The lowest BCUT2D eigenvalue weighted by molar-refractivity contribution is -0.102. The summed E-state index contributed by atoms with van der Waals surface area (Å²) in [6.07, 6.45) is 3.13. The number of hydrazone groups is 1. The molecule has 114 valence electrons. The van der Waals surface area contributed by atoms with Crippen molar-refractivity contribution in [1.82, 2.24) is 9.99 Å². The van der Waals surface area contributed by atoms with Crippen molar-refractivity contribution in [3.8, 4) is 0 Å². The summed E-state index contributed by atoms with van der Waals surface area (Å²) in [6.45, 7) is 8.22. The number of allylic oxidation sites excluding steroid dienone is 1. The lowest BCUT2D eigenvalue weighted by atomic mass is 10.1. The average molecular weight is 316 g/mol. The molecule has 0 bridgehead atoms. The van der Waals surface area contributed by atoms with Crippen molar-refractivity contribution >= 4 is 34.5 Å². The fourth-order valence-corrected chi connectivity index (χ4v) is 2.21. The molecule has 0 fully saturated rings. The minimum absolute atomic E-state index is 0.417. The van der Waals surface area contributed by atoms with Crippen LogP contribution >= 0.6 is 11.6 Å². The minimum Gasteiger partial charge on any atom is -0.296 e. The molecular formula is C17H18ClN3O. The minimum atomic E-state index is 0.417. The Labute approximate surface area is 135 Å². The van der Waals surface area contributed by atoms with Gasteiger partial charge >= 0.3 is 0 Å². The van der Waals surface area contributed by atoms with Crippen LogP contribution in [-0.4, -0.2) is 22.0 Å². The number of pyridine rings is 1. The second-order valence-corrected chi connectivity index (χ2v) is 5.45. The Hall–Kier alpha value is -2.20. The summed E-state index contributed by atoms with van der Waals surface area (Å²) in [5, 5.41) is 7.63. The van der Waals surface area contributed by atoms with Gasteiger partial charge in [0.25, 0.3) is 0 Å². The largest absolute Gasteiger partial charge is 0.296 e. The molecule has 0 radical (unpaired) electrons. The maximum Gasteiger partial charge on any atom is 0.165 e. The van der Waals surface area contributed by atoms with Crippen molar-refractivity contribution in [3.05, 3.63) is 53.3 Å². The number of carbonyl (C=O) groups excluding carboxylic acids is 1. The first kappa shape index (κ1) is 16.2. The van der Waals surface area contributed by atoms with E-state index in [0.29, 0.717) is 17.3 Å². The number of fused-ring (bicyclic) bond motifs is 1. The fourth-order valence-electron chi connectivity index (χ4n) is 2.04. The molecule has 0 amide bonds. The molecule has 22 heavy (non-hydrogen) atoms. The maximum absolute atomic E-state index is 10.8. The molecule has 0 saturated carbocycles. The monoisotopic (exact) mass is 315 g/mol. The second kappa shape index (κ2) is 7.18. The van der Waals surface area contributed by atoms with Crippen LogP contribution in [0.2, 0.25) is 5.02 Å². The third kappa shape index (κ3) is 3.92. The summed E-state index contributed by atoms with van der Waals surface area (Å²) in [6, 6.07) is 7.84. The van der Waals surface area contributed by atoms with Crippen LogP contribution in [0, 0.1) is 0 Å². The van der Waals surface area contributed by atoms with Gasteiger partial charge in [0.05, 0.1) is 22.8 Å². The molecule has 0 saturated heterocycles. The number of aldehydes is 1. The zero-order chi connectivity index (χ0) is 16.1. The summed E-state index contributed by atoms with van der Waals surface area (Å²) >= 11 is 5.99. The molecule has 1 aromatic carbocycles. The number of hydrogen-bond acceptors (Lipinski definition) is 4. The van der Waals surface area contributed by atoms with Gasteiger partial charge < -0.3 is 0 Å². The van der Waals surface area contributed by atoms with Gasteiger partial charge in [-0.1, -0.05) is 31.2 Å². The average Bonchev–Trinajstić information content (AvgIpc) is 2.52. The van der Waals surface area contributed by atoms with Crippen LogP contribution < -0.4 is 0 Å². The molecular weight excluding hydrogens is 298 g/mol. The van der Waals surface area contributed by atoms with Gasteiger partial charge in [0, 0.05) is 17.3 Å². The van der Waals surface area contributed by atoms with E-state index in [9.17, 15) is 4.79 Å². The summed E-state index contributed by atoms with van der Waals surface area (Å²) in [5.74, 6) is 0. The molecule has 0 atom stereocenters. The Balaban J connectivity index is 2.33. The van der Waals surface area contributed by atoms with E-state index < -0.39 is 0 Å². The highest BCUT2D eigenvalue weighted by Crippen LogP contribution is 2.20. The van der Waals surface area contributed by atoms with Crippen LogP contribution in [0.3, 0.4) is 0 Å². The molecule has 1 aromatic heterocycles. The number of rotatable bonds is 6. The Kier molecular flexibility index (Phi) is 5.28. The molecule has 0 N–H and O–H groups in total. The van der Waals surface area contributed by atoms with Gasteiger partial charge in [-0.2, -0.15) is 5.10 Å². The third-order valence-electron chi connectivity index (χ3n) is 3.27. The molecule has 0 aliphatic rings. The van der Waals surface area contributed by atoms with E-state index in [2.05, 4.69) is 16.7 Å². The highest BCUT2D eigenvalue weighted by atomic mass is 35.5. The van der Waals surface area contributed by atoms with E-state index in [1.807, 2.05) is 31.2 Å². The van der Waals surface area contributed by atoms with Crippen molar-refractivity contribution < 1.29 is 4.79 Å². The Morgan fingerprint density at radius 1 is 1.45 bits per heavy atom. The fraction of sp³-hybridized carbons (Fsp3) is 0.235. The number of hydrogen-bond donors (Lipinski definition) is 0. The zero-order valence-corrected chi connectivity index (χ0v) is 13.5. The smallest absolute Gasteiger partial charge is 0.165 e. The molecule has 5 heteroatoms. The third-order valence-corrected chi connectivity index (χ3v) is 3.47. The summed E-state index contributed by atoms with van der Waals surface area (Å²) < 4.78 is 0. The lowest BCUT2D eigenvalue weighted by Crippen LogP contribution is -2.17. The van der Waals surface area contributed by atoms with E-state index in [1.54, 1.807) is 18.1 Å². The number of aromatic nitrogens is 1. The first-order valence-corrected chi connectivity index (χ1v) is 7.41. The van der Waals surface area contributed by atoms with E-state index in [0.717, 1.165) is 34.9 Å².